The summed E-state index contributed by atoms with van der Waals surface area (Å²) in [6.45, 7) is 5.15. The minimum atomic E-state index is 0.297. The van der Waals surface area contributed by atoms with Gasteiger partial charge in [0.25, 0.3) is 0 Å². The molecule has 0 aliphatic heterocycles. The van der Waals surface area contributed by atoms with E-state index in [0.29, 0.717) is 12.1 Å². The molecular formula is C15H22N2OS. The first kappa shape index (κ1) is 14.4. The highest BCUT2D eigenvalue weighted by Gasteiger charge is 2.13. The van der Waals surface area contributed by atoms with Crippen molar-refractivity contribution in [1.29, 1.82) is 0 Å². The molecule has 2 atom stereocenters. The van der Waals surface area contributed by atoms with Gasteiger partial charge in [-0.3, -0.25) is 4.98 Å². The van der Waals surface area contributed by atoms with E-state index in [0.717, 1.165) is 25.0 Å². The first-order valence-electron chi connectivity index (χ1n) is 6.82. The van der Waals surface area contributed by atoms with Gasteiger partial charge in [0.2, 0.25) is 0 Å². The Hall–Kier alpha value is -0.970. The maximum Gasteiger partial charge on any atom is 0.0809 e. The summed E-state index contributed by atoms with van der Waals surface area (Å²) in [6, 6.07) is 5.00. The Labute approximate surface area is 119 Å². The van der Waals surface area contributed by atoms with Gasteiger partial charge < -0.3 is 10.1 Å². The number of fused-ring (bicyclic) bond motifs is 1. The lowest BCUT2D eigenvalue weighted by Crippen LogP contribution is -2.35. The SMILES string of the molecule is CCCC(COC)NC(C)c1cnc2ccsc2c1. The molecule has 2 unspecified atom stereocenters. The van der Waals surface area contributed by atoms with Crippen LogP contribution in [0.15, 0.2) is 23.7 Å². The van der Waals surface area contributed by atoms with E-state index in [4.69, 9.17) is 4.74 Å². The Bertz CT molecular complexity index is 506. The Balaban J connectivity index is 2.06. The molecule has 0 amide bonds. The second-order valence-electron chi connectivity index (χ2n) is 4.90. The third kappa shape index (κ3) is 3.75. The second-order valence-corrected chi connectivity index (χ2v) is 5.85. The third-order valence-corrected chi connectivity index (χ3v) is 4.17. The van der Waals surface area contributed by atoms with E-state index in [2.05, 4.69) is 41.7 Å². The molecule has 0 aliphatic carbocycles. The number of hydrogen-bond donors (Lipinski definition) is 1. The van der Waals surface area contributed by atoms with Crippen molar-refractivity contribution in [2.24, 2.45) is 0 Å². The zero-order valence-electron chi connectivity index (χ0n) is 11.8. The lowest BCUT2D eigenvalue weighted by atomic mass is 10.1. The fourth-order valence-corrected chi connectivity index (χ4v) is 3.10. The molecule has 2 aromatic rings. The van der Waals surface area contributed by atoms with Gasteiger partial charge in [-0.2, -0.15) is 0 Å². The van der Waals surface area contributed by atoms with Crippen molar-refractivity contribution in [3.05, 3.63) is 29.3 Å². The molecule has 104 valence electrons. The smallest absolute Gasteiger partial charge is 0.0809 e. The van der Waals surface area contributed by atoms with Crippen molar-refractivity contribution in [3.63, 3.8) is 0 Å². The molecule has 0 bridgehead atoms. The molecule has 1 N–H and O–H groups in total. The molecule has 0 spiro atoms. The van der Waals surface area contributed by atoms with Gasteiger partial charge >= 0.3 is 0 Å². The van der Waals surface area contributed by atoms with Crippen LogP contribution in [-0.2, 0) is 4.74 Å². The van der Waals surface area contributed by atoms with Gasteiger partial charge in [0.15, 0.2) is 0 Å². The Kier molecular flexibility index (Phi) is 5.31. The summed E-state index contributed by atoms with van der Waals surface area (Å²) in [5.74, 6) is 0. The Morgan fingerprint density at radius 3 is 3.05 bits per heavy atom. The molecule has 3 nitrogen and oxygen atoms in total. The number of nitrogens with one attached hydrogen (secondary N) is 1. The molecule has 2 heterocycles. The zero-order valence-corrected chi connectivity index (χ0v) is 12.7. The molecule has 0 radical (unpaired) electrons. The number of rotatable bonds is 7. The van der Waals surface area contributed by atoms with Crippen LogP contribution in [0.2, 0.25) is 0 Å². The quantitative estimate of drug-likeness (QED) is 0.837. The van der Waals surface area contributed by atoms with Crippen molar-refractivity contribution in [2.45, 2.75) is 38.8 Å². The van der Waals surface area contributed by atoms with E-state index in [-0.39, 0.29) is 0 Å². The van der Waals surface area contributed by atoms with Gasteiger partial charge in [0.05, 0.1) is 16.8 Å². The molecule has 0 fully saturated rings. The molecule has 0 saturated carbocycles. The second kappa shape index (κ2) is 6.98. The first-order valence-corrected chi connectivity index (χ1v) is 7.70. The number of ether oxygens (including phenoxy) is 1. The van der Waals surface area contributed by atoms with Crippen LogP contribution in [0.4, 0.5) is 0 Å². The highest BCUT2D eigenvalue weighted by atomic mass is 32.1. The maximum atomic E-state index is 5.28. The summed E-state index contributed by atoms with van der Waals surface area (Å²) in [4.78, 5) is 4.50. The number of nitrogens with zero attached hydrogens (tertiary/aromatic N) is 1. The van der Waals surface area contributed by atoms with Crippen LogP contribution in [0.25, 0.3) is 10.2 Å². The maximum absolute atomic E-state index is 5.28. The van der Waals surface area contributed by atoms with Gasteiger partial charge in [-0.15, -0.1) is 11.3 Å². The number of thiophene rings is 1. The third-order valence-electron chi connectivity index (χ3n) is 3.31. The van der Waals surface area contributed by atoms with Crippen molar-refractivity contribution >= 4 is 21.6 Å². The van der Waals surface area contributed by atoms with Gasteiger partial charge in [0, 0.05) is 25.4 Å². The van der Waals surface area contributed by atoms with E-state index in [1.165, 1.54) is 10.3 Å². The zero-order chi connectivity index (χ0) is 13.7. The standard InChI is InChI=1S/C15H22N2OS/c1-4-5-13(10-18-3)17-11(2)12-8-15-14(16-9-12)6-7-19-15/h6-9,11,13,17H,4-5,10H2,1-3H3. The molecule has 4 heteroatoms. The summed E-state index contributed by atoms with van der Waals surface area (Å²) in [7, 11) is 1.76. The summed E-state index contributed by atoms with van der Waals surface area (Å²) >= 11 is 1.74. The van der Waals surface area contributed by atoms with Crippen molar-refractivity contribution in [3.8, 4) is 0 Å². The average Bonchev–Trinajstić information content (AvgIpc) is 2.86. The molecular weight excluding hydrogens is 256 g/mol. The van der Waals surface area contributed by atoms with Crippen LogP contribution in [0, 0.1) is 0 Å². The van der Waals surface area contributed by atoms with E-state index in [1.807, 2.05) is 6.20 Å². The topological polar surface area (TPSA) is 34.1 Å². The van der Waals surface area contributed by atoms with Crippen molar-refractivity contribution in [2.75, 3.05) is 13.7 Å². The fraction of sp³-hybridized carbons (Fsp3) is 0.533. The van der Waals surface area contributed by atoms with E-state index in [1.54, 1.807) is 18.4 Å². The lowest BCUT2D eigenvalue weighted by molar-refractivity contribution is 0.157. The monoisotopic (exact) mass is 278 g/mol. The number of hydrogen-bond acceptors (Lipinski definition) is 4. The normalized spacial score (nSPS) is 14.7. The Morgan fingerprint density at radius 2 is 2.32 bits per heavy atom. The van der Waals surface area contributed by atoms with Crippen LogP contribution in [0.5, 0.6) is 0 Å². The van der Waals surface area contributed by atoms with Crippen molar-refractivity contribution < 1.29 is 4.74 Å². The summed E-state index contributed by atoms with van der Waals surface area (Å²) < 4.78 is 6.53. The first-order chi connectivity index (χ1) is 9.24. The van der Waals surface area contributed by atoms with Crippen LogP contribution < -0.4 is 5.32 Å². The number of aromatic nitrogens is 1. The molecule has 0 aromatic carbocycles. The summed E-state index contributed by atoms with van der Waals surface area (Å²) in [5, 5.41) is 5.72. The predicted octanol–water partition coefficient (Wildman–Crippen LogP) is 3.76. The fourth-order valence-electron chi connectivity index (χ4n) is 2.31. The summed E-state index contributed by atoms with van der Waals surface area (Å²) in [6.07, 6.45) is 4.27. The average molecular weight is 278 g/mol. The molecule has 2 rings (SSSR count). The molecule has 0 aliphatic rings. The van der Waals surface area contributed by atoms with Gasteiger partial charge in [0.1, 0.15) is 0 Å². The summed E-state index contributed by atoms with van der Waals surface area (Å²) in [5.41, 5.74) is 2.33. The minimum absolute atomic E-state index is 0.297. The highest BCUT2D eigenvalue weighted by molar-refractivity contribution is 7.17. The van der Waals surface area contributed by atoms with Crippen LogP contribution in [-0.4, -0.2) is 24.7 Å². The molecule has 19 heavy (non-hydrogen) atoms. The van der Waals surface area contributed by atoms with Gasteiger partial charge in [-0.25, -0.2) is 0 Å². The van der Waals surface area contributed by atoms with Crippen LogP contribution >= 0.6 is 11.3 Å². The number of methoxy groups -OCH3 is 1. The highest BCUT2D eigenvalue weighted by Crippen LogP contribution is 2.23. The Morgan fingerprint density at radius 1 is 1.47 bits per heavy atom. The van der Waals surface area contributed by atoms with Crippen molar-refractivity contribution in [1.82, 2.24) is 10.3 Å². The van der Waals surface area contributed by atoms with Gasteiger partial charge in [-0.05, 0) is 36.4 Å². The molecule has 0 saturated heterocycles. The van der Waals surface area contributed by atoms with Crippen LogP contribution in [0.3, 0.4) is 0 Å². The van der Waals surface area contributed by atoms with E-state index >= 15 is 0 Å². The largest absolute Gasteiger partial charge is 0.383 e. The minimum Gasteiger partial charge on any atom is -0.383 e. The number of pyridine rings is 1. The van der Waals surface area contributed by atoms with Gasteiger partial charge in [-0.1, -0.05) is 13.3 Å². The predicted molar refractivity (Wildman–Crippen MR) is 81.7 cm³/mol. The van der Waals surface area contributed by atoms with E-state index < -0.39 is 0 Å². The van der Waals surface area contributed by atoms with E-state index in [9.17, 15) is 0 Å². The lowest BCUT2D eigenvalue weighted by Gasteiger charge is -2.22. The van der Waals surface area contributed by atoms with Crippen LogP contribution in [0.1, 0.15) is 38.3 Å². The molecule has 2 aromatic heterocycles.